The monoisotopic (exact) mass is 381 g/mol. The molecule has 0 spiro atoms. The lowest BCUT2D eigenvalue weighted by Crippen LogP contribution is -2.28. The van der Waals surface area contributed by atoms with Crippen LogP contribution in [0, 0.1) is 5.82 Å². The van der Waals surface area contributed by atoms with Gasteiger partial charge >= 0.3 is 0 Å². The number of oxazole rings is 1. The number of rotatable bonds is 7. The number of hydrogen-bond acceptors (Lipinski definition) is 4. The molecule has 0 radical (unpaired) electrons. The summed E-state index contributed by atoms with van der Waals surface area (Å²) in [4.78, 5) is 4.44. The molecule has 2 atom stereocenters. The molecular weight excluding hydrogens is 357 g/mol. The first-order valence-corrected chi connectivity index (χ1v) is 9.74. The Balaban J connectivity index is 1.26. The largest absolute Gasteiger partial charge is 0.444 e. The van der Waals surface area contributed by atoms with E-state index in [9.17, 15) is 4.39 Å². The Morgan fingerprint density at radius 1 is 0.929 bits per heavy atom. The number of benzene rings is 2. The van der Waals surface area contributed by atoms with E-state index in [1.807, 2.05) is 18.2 Å². The molecule has 0 amide bonds. The average Bonchev–Trinajstić information content (AvgIpc) is 3.21. The normalized spacial score (nSPS) is 19.6. The average molecular weight is 381 g/mol. The lowest BCUT2D eigenvalue weighted by Gasteiger charge is -2.29. The molecule has 1 heterocycles. The van der Waals surface area contributed by atoms with Crippen molar-refractivity contribution in [1.29, 1.82) is 0 Å². The molecule has 0 unspecified atom stereocenters. The smallest absolute Gasteiger partial charge is 0.226 e. The van der Waals surface area contributed by atoms with Gasteiger partial charge in [-0.15, -0.1) is 0 Å². The van der Waals surface area contributed by atoms with Gasteiger partial charge in [0.2, 0.25) is 5.89 Å². The third-order valence-electron chi connectivity index (χ3n) is 5.02. The van der Waals surface area contributed by atoms with Gasteiger partial charge < -0.3 is 13.9 Å². The van der Waals surface area contributed by atoms with Crippen molar-refractivity contribution in [3.05, 3.63) is 77.9 Å². The molecule has 4 rings (SSSR count). The van der Waals surface area contributed by atoms with Gasteiger partial charge in [-0.1, -0.05) is 30.3 Å². The topological polar surface area (TPSA) is 44.5 Å². The summed E-state index contributed by atoms with van der Waals surface area (Å²) in [6.45, 7) is 1.04. The highest BCUT2D eigenvalue weighted by Gasteiger charge is 2.23. The highest BCUT2D eigenvalue weighted by Crippen LogP contribution is 2.26. The van der Waals surface area contributed by atoms with Gasteiger partial charge in [-0.05, 0) is 55.5 Å². The van der Waals surface area contributed by atoms with Gasteiger partial charge in [0.15, 0.2) is 0 Å². The summed E-state index contributed by atoms with van der Waals surface area (Å²) < 4.78 is 30.7. The maximum Gasteiger partial charge on any atom is 0.226 e. The van der Waals surface area contributed by atoms with E-state index in [0.717, 1.165) is 36.9 Å². The van der Waals surface area contributed by atoms with Crippen LogP contribution < -0.4 is 0 Å². The molecule has 0 bridgehead atoms. The molecule has 1 aromatic heterocycles. The Morgan fingerprint density at radius 2 is 1.64 bits per heavy atom. The summed E-state index contributed by atoms with van der Waals surface area (Å²) in [6, 6.07) is 16.3. The molecule has 146 valence electrons. The molecule has 4 nitrogen and oxygen atoms in total. The maximum atomic E-state index is 13.0. The standard InChI is InChI=1S/C23H24FNO3/c24-19-11-9-18(10-12-19)23-25-20(16-28-23)15-27-22-8-4-7-21(13-22)26-14-17-5-2-1-3-6-17/h1-3,5-6,9-12,16,21-22H,4,7-8,13-15H2/t21-,22+/m1/s1. The van der Waals surface area contributed by atoms with Gasteiger partial charge in [0.05, 0.1) is 25.4 Å². The zero-order valence-corrected chi connectivity index (χ0v) is 15.7. The zero-order valence-electron chi connectivity index (χ0n) is 15.7. The first kappa shape index (κ1) is 18.8. The highest BCUT2D eigenvalue weighted by atomic mass is 19.1. The SMILES string of the molecule is Fc1ccc(-c2nc(CO[C@H]3CCC[C@@H](OCc4ccccc4)C3)co2)cc1. The molecule has 1 aliphatic carbocycles. The molecule has 1 fully saturated rings. The summed E-state index contributed by atoms with van der Waals surface area (Å²) in [5.41, 5.74) is 2.69. The van der Waals surface area contributed by atoms with Crippen LogP contribution in [0.5, 0.6) is 0 Å². The second-order valence-corrected chi connectivity index (χ2v) is 7.17. The van der Waals surface area contributed by atoms with Crippen molar-refractivity contribution >= 4 is 0 Å². The van der Waals surface area contributed by atoms with Crippen molar-refractivity contribution in [2.45, 2.75) is 51.1 Å². The summed E-state index contributed by atoms with van der Waals surface area (Å²) in [5, 5.41) is 0. The number of hydrogen-bond donors (Lipinski definition) is 0. The van der Waals surface area contributed by atoms with Gasteiger partial charge in [0.25, 0.3) is 0 Å². The third kappa shape index (κ3) is 5.06. The molecule has 5 heteroatoms. The first-order chi connectivity index (χ1) is 13.8. The fraction of sp³-hybridized carbons (Fsp3) is 0.348. The van der Waals surface area contributed by atoms with Crippen molar-refractivity contribution in [2.75, 3.05) is 0 Å². The van der Waals surface area contributed by atoms with E-state index in [1.54, 1.807) is 18.4 Å². The van der Waals surface area contributed by atoms with Gasteiger partial charge in [-0.3, -0.25) is 0 Å². The predicted molar refractivity (Wildman–Crippen MR) is 104 cm³/mol. The van der Waals surface area contributed by atoms with Crippen LogP contribution in [0.4, 0.5) is 4.39 Å². The molecule has 0 saturated heterocycles. The minimum atomic E-state index is -0.278. The van der Waals surface area contributed by atoms with Crippen LogP contribution in [0.3, 0.4) is 0 Å². The summed E-state index contributed by atoms with van der Waals surface area (Å²) >= 11 is 0. The molecule has 2 aromatic carbocycles. The minimum absolute atomic E-state index is 0.167. The Kier molecular flexibility index (Phi) is 6.14. The maximum absolute atomic E-state index is 13.0. The summed E-state index contributed by atoms with van der Waals surface area (Å²) in [6.07, 6.45) is 6.11. The van der Waals surface area contributed by atoms with E-state index in [2.05, 4.69) is 17.1 Å². The van der Waals surface area contributed by atoms with Crippen LogP contribution >= 0.6 is 0 Å². The number of ether oxygens (including phenoxy) is 2. The van der Waals surface area contributed by atoms with Crippen molar-refractivity contribution in [3.8, 4) is 11.5 Å². The Labute approximate surface area is 164 Å². The Hall–Kier alpha value is -2.50. The molecule has 0 N–H and O–H groups in total. The van der Waals surface area contributed by atoms with E-state index in [1.165, 1.54) is 17.7 Å². The van der Waals surface area contributed by atoms with Crippen LogP contribution in [-0.2, 0) is 22.7 Å². The Bertz CT molecular complexity index is 863. The van der Waals surface area contributed by atoms with E-state index >= 15 is 0 Å². The fourth-order valence-electron chi connectivity index (χ4n) is 3.49. The first-order valence-electron chi connectivity index (χ1n) is 9.74. The van der Waals surface area contributed by atoms with E-state index in [4.69, 9.17) is 13.9 Å². The van der Waals surface area contributed by atoms with Gasteiger partial charge in [0.1, 0.15) is 17.8 Å². The van der Waals surface area contributed by atoms with Crippen LogP contribution in [0.25, 0.3) is 11.5 Å². The third-order valence-corrected chi connectivity index (χ3v) is 5.02. The predicted octanol–water partition coefficient (Wildman–Crippen LogP) is 5.53. The van der Waals surface area contributed by atoms with Crippen LogP contribution in [0.2, 0.25) is 0 Å². The van der Waals surface area contributed by atoms with Crippen molar-refractivity contribution < 1.29 is 18.3 Å². The summed E-state index contributed by atoms with van der Waals surface area (Å²) in [7, 11) is 0. The second kappa shape index (κ2) is 9.13. The van der Waals surface area contributed by atoms with Crippen LogP contribution in [0.1, 0.15) is 36.9 Å². The van der Waals surface area contributed by atoms with Gasteiger partial charge in [-0.2, -0.15) is 0 Å². The molecule has 3 aromatic rings. The lowest BCUT2D eigenvalue weighted by atomic mass is 9.95. The van der Waals surface area contributed by atoms with Crippen molar-refractivity contribution in [2.24, 2.45) is 0 Å². The number of aromatic nitrogens is 1. The quantitative estimate of drug-likeness (QED) is 0.540. The van der Waals surface area contributed by atoms with Crippen LogP contribution in [0.15, 0.2) is 65.3 Å². The van der Waals surface area contributed by atoms with Gasteiger partial charge in [0, 0.05) is 5.56 Å². The van der Waals surface area contributed by atoms with Crippen molar-refractivity contribution in [3.63, 3.8) is 0 Å². The molecule has 0 aliphatic heterocycles. The molecule has 1 aliphatic rings. The van der Waals surface area contributed by atoms with E-state index in [0.29, 0.717) is 19.1 Å². The zero-order chi connectivity index (χ0) is 19.2. The summed E-state index contributed by atoms with van der Waals surface area (Å²) in [5.74, 6) is 0.200. The van der Waals surface area contributed by atoms with Crippen LogP contribution in [-0.4, -0.2) is 17.2 Å². The minimum Gasteiger partial charge on any atom is -0.444 e. The second-order valence-electron chi connectivity index (χ2n) is 7.17. The van der Waals surface area contributed by atoms with E-state index in [-0.39, 0.29) is 18.0 Å². The molecule has 1 saturated carbocycles. The molecular formula is C23H24FNO3. The molecule has 28 heavy (non-hydrogen) atoms. The van der Waals surface area contributed by atoms with Gasteiger partial charge in [-0.25, -0.2) is 9.37 Å². The fourth-order valence-corrected chi connectivity index (χ4v) is 3.49. The lowest BCUT2D eigenvalue weighted by molar-refractivity contribution is -0.0561. The number of halogens is 1. The van der Waals surface area contributed by atoms with E-state index < -0.39 is 0 Å². The highest BCUT2D eigenvalue weighted by molar-refractivity contribution is 5.52. The van der Waals surface area contributed by atoms with Crippen molar-refractivity contribution in [1.82, 2.24) is 4.98 Å². The number of nitrogens with zero attached hydrogens (tertiary/aromatic N) is 1. The Morgan fingerprint density at radius 3 is 2.39 bits per heavy atom.